The second kappa shape index (κ2) is 3.87. The van der Waals surface area contributed by atoms with Crippen molar-refractivity contribution in [3.8, 4) is 0 Å². The number of hydrogen-bond donors (Lipinski definition) is 1. The van der Waals surface area contributed by atoms with Crippen LogP contribution in [0.5, 0.6) is 0 Å². The predicted molar refractivity (Wildman–Crippen MR) is 56.4 cm³/mol. The lowest BCUT2D eigenvalue weighted by atomic mass is 10.2. The van der Waals surface area contributed by atoms with Crippen LogP contribution in [0.4, 0.5) is 0 Å². The molecule has 1 N–H and O–H groups in total. The van der Waals surface area contributed by atoms with E-state index in [1.165, 1.54) is 18.2 Å². The minimum absolute atomic E-state index is 0.0649. The average molecular weight is 276 g/mol. The molecule has 0 radical (unpaired) electrons. The van der Waals surface area contributed by atoms with E-state index in [-0.39, 0.29) is 10.6 Å². The molecular weight excluding hydrogens is 270 g/mol. The van der Waals surface area contributed by atoms with Gasteiger partial charge in [0, 0.05) is 10.6 Å². The summed E-state index contributed by atoms with van der Waals surface area (Å²) in [5.74, 6) is 0. The monoisotopic (exact) mass is 274 g/mol. The van der Waals surface area contributed by atoms with E-state index in [9.17, 15) is 8.42 Å². The van der Waals surface area contributed by atoms with E-state index in [1.54, 1.807) is 6.07 Å². The molecule has 0 atom stereocenters. The largest absolute Gasteiger partial charge is 0.303 e. The first-order valence-corrected chi connectivity index (χ1v) is 5.94. The molecule has 0 saturated heterocycles. The lowest BCUT2D eigenvalue weighted by Gasteiger charge is -2.17. The van der Waals surface area contributed by atoms with E-state index in [2.05, 4.69) is 0 Å². The van der Waals surface area contributed by atoms with Gasteiger partial charge in [-0.25, -0.2) is 0 Å². The van der Waals surface area contributed by atoms with E-state index in [1.807, 2.05) is 0 Å². The summed E-state index contributed by atoms with van der Waals surface area (Å²) in [6, 6.07) is 5.82. The second-order valence-electron chi connectivity index (χ2n) is 2.47. The SMILES string of the molecule is O=S(=O)(O)C(Cl)(Cl)c1ccccc1Cl. The van der Waals surface area contributed by atoms with Crippen LogP contribution in [-0.2, 0) is 13.8 Å². The van der Waals surface area contributed by atoms with Crippen LogP contribution in [0.15, 0.2) is 24.3 Å². The van der Waals surface area contributed by atoms with Crippen LogP contribution in [0.3, 0.4) is 0 Å². The molecule has 0 aliphatic rings. The molecule has 0 unspecified atom stereocenters. The zero-order valence-electron chi connectivity index (χ0n) is 6.62. The van der Waals surface area contributed by atoms with Gasteiger partial charge in [-0.15, -0.1) is 0 Å². The van der Waals surface area contributed by atoms with Crippen molar-refractivity contribution in [3.63, 3.8) is 0 Å². The molecule has 0 saturated carbocycles. The standard InChI is InChI=1S/C7H5Cl3O3S/c8-6-4-2-1-3-5(6)7(9,10)14(11,12)13/h1-4H,(H,11,12,13). The van der Waals surface area contributed by atoms with Gasteiger partial charge < -0.3 is 0 Å². The van der Waals surface area contributed by atoms with Gasteiger partial charge in [-0.05, 0) is 6.07 Å². The Morgan fingerprint density at radius 2 is 1.71 bits per heavy atom. The highest BCUT2D eigenvalue weighted by Gasteiger charge is 2.42. The van der Waals surface area contributed by atoms with E-state index < -0.39 is 13.8 Å². The Morgan fingerprint density at radius 3 is 2.14 bits per heavy atom. The molecule has 0 bridgehead atoms. The Morgan fingerprint density at radius 1 is 1.21 bits per heavy atom. The second-order valence-corrected chi connectivity index (χ2v) is 6.22. The molecule has 78 valence electrons. The van der Waals surface area contributed by atoms with Gasteiger partial charge in [-0.2, -0.15) is 8.42 Å². The van der Waals surface area contributed by atoms with Crippen LogP contribution >= 0.6 is 34.8 Å². The predicted octanol–water partition coefficient (Wildman–Crippen LogP) is 2.82. The van der Waals surface area contributed by atoms with E-state index >= 15 is 0 Å². The summed E-state index contributed by atoms with van der Waals surface area (Å²) in [4.78, 5) is 0. The molecule has 1 aromatic rings. The molecular formula is C7H5Cl3O3S. The highest BCUT2D eigenvalue weighted by atomic mass is 35.5. The summed E-state index contributed by atoms with van der Waals surface area (Å²) in [7, 11) is -4.63. The summed E-state index contributed by atoms with van der Waals surface area (Å²) in [5.41, 5.74) is -0.0764. The van der Waals surface area contributed by atoms with Crippen molar-refractivity contribution in [1.82, 2.24) is 0 Å². The van der Waals surface area contributed by atoms with Gasteiger partial charge in [0.15, 0.2) is 0 Å². The molecule has 1 aromatic carbocycles. The summed E-state index contributed by atoms with van der Waals surface area (Å²) < 4.78 is 28.0. The van der Waals surface area contributed by atoms with Gasteiger partial charge in [-0.1, -0.05) is 53.0 Å². The van der Waals surface area contributed by atoms with Crippen molar-refractivity contribution in [1.29, 1.82) is 0 Å². The number of alkyl halides is 2. The molecule has 0 fully saturated rings. The Kier molecular flexibility index (Phi) is 3.33. The first-order valence-electron chi connectivity index (χ1n) is 3.36. The first-order chi connectivity index (χ1) is 6.27. The van der Waals surface area contributed by atoms with Gasteiger partial charge in [0.2, 0.25) is 0 Å². The number of benzene rings is 1. The molecule has 1 rings (SSSR count). The summed E-state index contributed by atoms with van der Waals surface area (Å²) in [6.45, 7) is 0. The molecule has 0 amide bonds. The fourth-order valence-electron chi connectivity index (χ4n) is 0.836. The van der Waals surface area contributed by atoms with Crippen molar-refractivity contribution in [2.75, 3.05) is 0 Å². The quantitative estimate of drug-likeness (QED) is 0.667. The maximum absolute atomic E-state index is 10.8. The zero-order chi connectivity index (χ0) is 11.0. The zero-order valence-corrected chi connectivity index (χ0v) is 9.70. The Balaban J connectivity index is 3.38. The van der Waals surface area contributed by atoms with Crippen LogP contribution in [0.2, 0.25) is 5.02 Å². The normalized spacial score (nSPS) is 12.9. The third kappa shape index (κ3) is 2.15. The van der Waals surface area contributed by atoms with Crippen LogP contribution in [0.25, 0.3) is 0 Å². The van der Waals surface area contributed by atoms with Gasteiger partial charge in [-0.3, -0.25) is 4.55 Å². The Labute approximate surface area is 96.3 Å². The first kappa shape index (κ1) is 12.1. The Hall–Kier alpha value is -0.000000000000000167. The molecule has 0 aliphatic carbocycles. The molecule has 7 heteroatoms. The van der Waals surface area contributed by atoms with E-state index in [0.29, 0.717) is 0 Å². The molecule has 0 spiro atoms. The van der Waals surface area contributed by atoms with Gasteiger partial charge in [0.05, 0.1) is 0 Å². The van der Waals surface area contributed by atoms with Crippen molar-refractivity contribution in [2.45, 2.75) is 3.67 Å². The minimum Gasteiger partial charge on any atom is -0.283 e. The fraction of sp³-hybridized carbons (Fsp3) is 0.143. The number of halogens is 3. The molecule has 3 nitrogen and oxygen atoms in total. The summed E-state index contributed by atoms with van der Waals surface area (Å²) in [5, 5.41) is 0.0649. The highest BCUT2D eigenvalue weighted by molar-refractivity contribution is 7.89. The molecule has 0 heterocycles. The fourth-order valence-corrected chi connectivity index (χ4v) is 2.05. The van der Waals surface area contributed by atoms with Crippen molar-refractivity contribution < 1.29 is 13.0 Å². The molecule has 14 heavy (non-hydrogen) atoms. The number of rotatable bonds is 2. The van der Waals surface area contributed by atoms with Crippen LogP contribution < -0.4 is 0 Å². The smallest absolute Gasteiger partial charge is 0.283 e. The highest BCUT2D eigenvalue weighted by Crippen LogP contribution is 2.41. The lowest BCUT2D eigenvalue weighted by Crippen LogP contribution is -2.23. The lowest BCUT2D eigenvalue weighted by molar-refractivity contribution is 0.475. The summed E-state index contributed by atoms with van der Waals surface area (Å²) >= 11 is 16.6. The van der Waals surface area contributed by atoms with Crippen LogP contribution in [-0.4, -0.2) is 13.0 Å². The minimum atomic E-state index is -4.63. The topological polar surface area (TPSA) is 54.4 Å². The van der Waals surface area contributed by atoms with Gasteiger partial charge in [0.25, 0.3) is 3.67 Å². The van der Waals surface area contributed by atoms with Crippen LogP contribution in [0, 0.1) is 0 Å². The van der Waals surface area contributed by atoms with Gasteiger partial charge in [0.1, 0.15) is 0 Å². The maximum atomic E-state index is 10.8. The van der Waals surface area contributed by atoms with Crippen molar-refractivity contribution in [3.05, 3.63) is 34.9 Å². The van der Waals surface area contributed by atoms with Crippen LogP contribution in [0.1, 0.15) is 5.56 Å². The molecule has 0 aliphatic heterocycles. The number of hydrogen-bond acceptors (Lipinski definition) is 2. The third-order valence-electron chi connectivity index (χ3n) is 1.51. The Bertz CT molecular complexity index is 441. The van der Waals surface area contributed by atoms with Gasteiger partial charge >= 0.3 is 10.1 Å². The third-order valence-corrected chi connectivity index (χ3v) is 4.29. The van der Waals surface area contributed by atoms with E-state index in [4.69, 9.17) is 39.4 Å². The average Bonchev–Trinajstić information content (AvgIpc) is 2.02. The van der Waals surface area contributed by atoms with Crippen molar-refractivity contribution >= 4 is 44.9 Å². The molecule has 0 aromatic heterocycles. The summed E-state index contributed by atoms with van der Waals surface area (Å²) in [6.07, 6.45) is 0. The maximum Gasteiger partial charge on any atom is 0.303 e. The van der Waals surface area contributed by atoms with Crippen molar-refractivity contribution in [2.24, 2.45) is 0 Å². The van der Waals surface area contributed by atoms with E-state index in [0.717, 1.165) is 0 Å².